The van der Waals surface area contributed by atoms with Crippen molar-refractivity contribution in [2.45, 2.75) is 20.8 Å². The van der Waals surface area contributed by atoms with E-state index in [9.17, 15) is 0 Å². The lowest BCUT2D eigenvalue weighted by Crippen LogP contribution is -1.86. The molecule has 0 amide bonds. The SMILES string of the molecule is COc1ccc(C)c2ccccc12.Cc1cccc2ccccc12.Cc1cccc2cccnc12. The highest BCUT2D eigenvalue weighted by Crippen LogP contribution is 2.27. The predicted molar refractivity (Wildman–Crippen MR) is 150 cm³/mol. The number of benzene rings is 5. The Morgan fingerprint density at radius 1 is 0.486 bits per heavy atom. The maximum absolute atomic E-state index is 5.28. The first-order valence-corrected chi connectivity index (χ1v) is 11.9. The Hall–Kier alpha value is -4.17. The van der Waals surface area contributed by atoms with Crippen LogP contribution in [0.2, 0.25) is 0 Å². The number of ether oxygens (including phenoxy) is 1. The van der Waals surface area contributed by atoms with Crippen LogP contribution in [0.1, 0.15) is 16.7 Å². The largest absolute Gasteiger partial charge is 0.496 e. The molecule has 1 aromatic heterocycles. The smallest absolute Gasteiger partial charge is 0.126 e. The van der Waals surface area contributed by atoms with Crippen LogP contribution < -0.4 is 4.74 Å². The Labute approximate surface area is 207 Å². The number of fused-ring (bicyclic) bond motifs is 3. The van der Waals surface area contributed by atoms with E-state index in [0.29, 0.717) is 0 Å². The molecular weight excluding hydrogens is 426 g/mol. The Bertz CT molecular complexity index is 1480. The van der Waals surface area contributed by atoms with E-state index in [1.165, 1.54) is 43.6 Å². The van der Waals surface area contributed by atoms with E-state index >= 15 is 0 Å². The topological polar surface area (TPSA) is 22.1 Å². The molecule has 0 saturated heterocycles. The van der Waals surface area contributed by atoms with E-state index in [1.807, 2.05) is 24.4 Å². The summed E-state index contributed by atoms with van der Waals surface area (Å²) in [6.45, 7) is 6.33. The van der Waals surface area contributed by atoms with Gasteiger partial charge in [0.1, 0.15) is 5.75 Å². The van der Waals surface area contributed by atoms with E-state index < -0.39 is 0 Å². The molecule has 0 aliphatic heterocycles. The molecular formula is C33H31NO. The molecule has 5 aromatic carbocycles. The van der Waals surface area contributed by atoms with Crippen molar-refractivity contribution >= 4 is 32.4 Å². The van der Waals surface area contributed by atoms with E-state index in [2.05, 4.69) is 117 Å². The highest BCUT2D eigenvalue weighted by molar-refractivity contribution is 5.90. The molecule has 1 heterocycles. The first kappa shape index (κ1) is 24.0. The summed E-state index contributed by atoms with van der Waals surface area (Å²) < 4.78 is 5.28. The summed E-state index contributed by atoms with van der Waals surface area (Å²) in [5, 5.41) is 6.35. The van der Waals surface area contributed by atoms with Crippen LogP contribution in [0, 0.1) is 20.8 Å². The van der Waals surface area contributed by atoms with Crippen LogP contribution in [-0.2, 0) is 0 Å². The number of rotatable bonds is 1. The zero-order valence-corrected chi connectivity index (χ0v) is 20.8. The van der Waals surface area contributed by atoms with Gasteiger partial charge in [-0.15, -0.1) is 0 Å². The maximum atomic E-state index is 5.28. The fourth-order valence-corrected chi connectivity index (χ4v) is 4.24. The van der Waals surface area contributed by atoms with Crippen molar-refractivity contribution in [1.29, 1.82) is 0 Å². The van der Waals surface area contributed by atoms with Crippen molar-refractivity contribution < 1.29 is 4.74 Å². The van der Waals surface area contributed by atoms with Gasteiger partial charge in [-0.1, -0.05) is 97.1 Å². The molecule has 0 N–H and O–H groups in total. The van der Waals surface area contributed by atoms with Crippen molar-refractivity contribution in [3.63, 3.8) is 0 Å². The van der Waals surface area contributed by atoms with Crippen LogP contribution in [0.3, 0.4) is 0 Å². The summed E-state index contributed by atoms with van der Waals surface area (Å²) >= 11 is 0. The zero-order valence-electron chi connectivity index (χ0n) is 20.8. The van der Waals surface area contributed by atoms with E-state index in [0.717, 1.165) is 11.3 Å². The average Bonchev–Trinajstić information content (AvgIpc) is 2.91. The highest BCUT2D eigenvalue weighted by atomic mass is 16.5. The number of aryl methyl sites for hydroxylation is 3. The van der Waals surface area contributed by atoms with Gasteiger partial charge in [0.25, 0.3) is 0 Å². The fraction of sp³-hybridized carbons (Fsp3) is 0.121. The number of nitrogens with zero attached hydrogens (tertiary/aromatic N) is 1. The third-order valence-electron chi connectivity index (χ3n) is 6.16. The molecule has 2 heteroatoms. The standard InChI is InChI=1S/C12H12O.C11H10.C10H9N/c1-9-7-8-12(13-2)11-6-4-3-5-10(9)11;1-9-5-4-7-10-6-2-3-8-11(9)10;1-8-4-2-5-9-6-3-7-11-10(8)9/h3-8H,1-2H3;2-8H,1H3;2-7H,1H3. The van der Waals surface area contributed by atoms with E-state index in [-0.39, 0.29) is 0 Å². The number of hydrogen-bond acceptors (Lipinski definition) is 2. The first-order valence-electron chi connectivity index (χ1n) is 11.9. The lowest BCUT2D eigenvalue weighted by Gasteiger charge is -2.06. The molecule has 0 atom stereocenters. The number of aromatic nitrogens is 1. The van der Waals surface area contributed by atoms with Crippen molar-refractivity contribution in [1.82, 2.24) is 4.98 Å². The molecule has 35 heavy (non-hydrogen) atoms. The Balaban J connectivity index is 0.000000124. The number of methoxy groups -OCH3 is 1. The molecule has 0 aliphatic rings. The minimum Gasteiger partial charge on any atom is -0.496 e. The summed E-state index contributed by atoms with van der Waals surface area (Å²) in [6, 6.07) is 37.5. The third-order valence-corrected chi connectivity index (χ3v) is 6.16. The molecule has 174 valence electrons. The predicted octanol–water partition coefficient (Wildman–Crippen LogP) is 8.85. The van der Waals surface area contributed by atoms with Crippen molar-refractivity contribution in [2.24, 2.45) is 0 Å². The minimum atomic E-state index is 0.946. The number of hydrogen-bond donors (Lipinski definition) is 0. The molecule has 0 bridgehead atoms. The second-order valence-electron chi connectivity index (χ2n) is 8.58. The van der Waals surface area contributed by atoms with Gasteiger partial charge in [-0.3, -0.25) is 4.98 Å². The summed E-state index contributed by atoms with van der Waals surface area (Å²) in [7, 11) is 1.71. The Morgan fingerprint density at radius 3 is 1.77 bits per heavy atom. The Morgan fingerprint density at radius 2 is 1.06 bits per heavy atom. The molecule has 0 saturated carbocycles. The molecule has 6 aromatic rings. The van der Waals surface area contributed by atoms with Crippen LogP contribution in [0.4, 0.5) is 0 Å². The zero-order chi connectivity index (χ0) is 24.6. The van der Waals surface area contributed by atoms with Gasteiger partial charge >= 0.3 is 0 Å². The lowest BCUT2D eigenvalue weighted by atomic mass is 10.1. The van der Waals surface area contributed by atoms with Crippen LogP contribution >= 0.6 is 0 Å². The second kappa shape index (κ2) is 11.3. The minimum absolute atomic E-state index is 0.946. The lowest BCUT2D eigenvalue weighted by molar-refractivity contribution is 0.420. The van der Waals surface area contributed by atoms with E-state index in [1.54, 1.807) is 7.11 Å². The fourth-order valence-electron chi connectivity index (χ4n) is 4.24. The number of para-hydroxylation sites is 1. The second-order valence-corrected chi connectivity index (χ2v) is 8.58. The van der Waals surface area contributed by atoms with Gasteiger partial charge in [0, 0.05) is 17.0 Å². The first-order chi connectivity index (χ1) is 17.1. The molecule has 2 nitrogen and oxygen atoms in total. The molecule has 0 aliphatic carbocycles. The van der Waals surface area contributed by atoms with Crippen LogP contribution in [0.25, 0.3) is 32.4 Å². The van der Waals surface area contributed by atoms with Crippen molar-refractivity contribution in [3.8, 4) is 5.75 Å². The molecule has 0 radical (unpaired) electrons. The third kappa shape index (κ3) is 5.67. The van der Waals surface area contributed by atoms with Gasteiger partial charge in [-0.25, -0.2) is 0 Å². The van der Waals surface area contributed by atoms with Crippen LogP contribution in [0.15, 0.2) is 115 Å². The van der Waals surface area contributed by atoms with Gasteiger partial charge < -0.3 is 4.74 Å². The summed E-state index contributed by atoms with van der Waals surface area (Å²) in [5.74, 6) is 0.946. The summed E-state index contributed by atoms with van der Waals surface area (Å²) in [5.41, 5.74) is 4.98. The summed E-state index contributed by atoms with van der Waals surface area (Å²) in [4.78, 5) is 4.28. The quantitative estimate of drug-likeness (QED) is 0.246. The van der Waals surface area contributed by atoms with Gasteiger partial charge in [-0.05, 0) is 65.8 Å². The van der Waals surface area contributed by atoms with Crippen LogP contribution in [-0.4, -0.2) is 12.1 Å². The molecule has 0 unspecified atom stereocenters. The maximum Gasteiger partial charge on any atom is 0.126 e. The molecule has 0 spiro atoms. The summed E-state index contributed by atoms with van der Waals surface area (Å²) in [6.07, 6.45) is 1.83. The molecule has 0 fully saturated rings. The normalized spacial score (nSPS) is 10.3. The average molecular weight is 458 g/mol. The van der Waals surface area contributed by atoms with Gasteiger partial charge in [-0.2, -0.15) is 0 Å². The highest BCUT2D eigenvalue weighted by Gasteiger charge is 2.01. The van der Waals surface area contributed by atoms with Crippen molar-refractivity contribution in [2.75, 3.05) is 7.11 Å². The van der Waals surface area contributed by atoms with Crippen LogP contribution in [0.5, 0.6) is 5.75 Å². The van der Waals surface area contributed by atoms with Crippen molar-refractivity contribution in [3.05, 3.63) is 132 Å². The Kier molecular flexibility index (Phi) is 7.74. The molecule has 6 rings (SSSR count). The van der Waals surface area contributed by atoms with Gasteiger partial charge in [0.2, 0.25) is 0 Å². The number of pyridine rings is 1. The van der Waals surface area contributed by atoms with Gasteiger partial charge in [0.15, 0.2) is 0 Å². The van der Waals surface area contributed by atoms with E-state index in [4.69, 9.17) is 4.74 Å². The van der Waals surface area contributed by atoms with Gasteiger partial charge in [0.05, 0.1) is 12.6 Å². The monoisotopic (exact) mass is 457 g/mol.